The van der Waals surface area contributed by atoms with Crippen LogP contribution in [0.1, 0.15) is 60.3 Å². The lowest BCUT2D eigenvalue weighted by Gasteiger charge is -2.22. The Morgan fingerprint density at radius 1 is 1.31 bits per heavy atom. The lowest BCUT2D eigenvalue weighted by atomic mass is 9.89. The second-order valence-electron chi connectivity index (χ2n) is 5.90. The molecule has 96 valence electrons. The standard InChI is InChI=1S/C13H28N2O/c1-6-7-11(14)12(16)15-10(2)8-9-13(3,4)5/h10-11H,6-9,14H2,1-5H3,(H,15,16). The summed E-state index contributed by atoms with van der Waals surface area (Å²) in [4.78, 5) is 11.6. The van der Waals surface area contributed by atoms with Crippen LogP contribution in [0.25, 0.3) is 0 Å². The van der Waals surface area contributed by atoms with Gasteiger partial charge in [0, 0.05) is 6.04 Å². The van der Waals surface area contributed by atoms with Gasteiger partial charge in [-0.05, 0) is 31.6 Å². The Morgan fingerprint density at radius 2 is 1.88 bits per heavy atom. The molecule has 0 aromatic rings. The predicted octanol–water partition coefficient (Wildman–Crippen LogP) is 2.44. The Kier molecular flexibility index (Phi) is 6.65. The van der Waals surface area contributed by atoms with Crippen molar-refractivity contribution in [2.75, 3.05) is 0 Å². The van der Waals surface area contributed by atoms with E-state index < -0.39 is 0 Å². The Morgan fingerprint density at radius 3 is 2.31 bits per heavy atom. The van der Waals surface area contributed by atoms with Gasteiger partial charge in [-0.3, -0.25) is 4.79 Å². The fraction of sp³-hybridized carbons (Fsp3) is 0.923. The van der Waals surface area contributed by atoms with Gasteiger partial charge in [-0.15, -0.1) is 0 Å². The van der Waals surface area contributed by atoms with E-state index >= 15 is 0 Å². The van der Waals surface area contributed by atoms with Gasteiger partial charge in [0.2, 0.25) is 5.91 Å². The summed E-state index contributed by atoms with van der Waals surface area (Å²) in [5.74, 6) is -0.0109. The molecular weight excluding hydrogens is 200 g/mol. The third-order valence-electron chi connectivity index (χ3n) is 2.65. The van der Waals surface area contributed by atoms with E-state index in [2.05, 4.69) is 26.1 Å². The van der Waals surface area contributed by atoms with Gasteiger partial charge in [0.15, 0.2) is 0 Å². The van der Waals surface area contributed by atoms with Crippen LogP contribution in [0, 0.1) is 5.41 Å². The van der Waals surface area contributed by atoms with E-state index in [1.54, 1.807) is 0 Å². The highest BCUT2D eigenvalue weighted by molar-refractivity contribution is 5.81. The maximum atomic E-state index is 11.6. The third-order valence-corrected chi connectivity index (χ3v) is 2.65. The Bertz CT molecular complexity index is 208. The van der Waals surface area contributed by atoms with Gasteiger partial charge in [0.1, 0.15) is 0 Å². The highest BCUT2D eigenvalue weighted by atomic mass is 16.2. The summed E-state index contributed by atoms with van der Waals surface area (Å²) >= 11 is 0. The lowest BCUT2D eigenvalue weighted by Crippen LogP contribution is -2.44. The number of carbonyl (C=O) groups is 1. The van der Waals surface area contributed by atoms with Gasteiger partial charge < -0.3 is 11.1 Å². The summed E-state index contributed by atoms with van der Waals surface area (Å²) in [5.41, 5.74) is 6.07. The van der Waals surface area contributed by atoms with Crippen LogP contribution >= 0.6 is 0 Å². The maximum absolute atomic E-state index is 11.6. The first-order valence-corrected chi connectivity index (χ1v) is 6.32. The summed E-state index contributed by atoms with van der Waals surface area (Å²) in [6.07, 6.45) is 3.83. The minimum absolute atomic E-state index is 0.0109. The number of nitrogens with one attached hydrogen (secondary N) is 1. The molecule has 0 aliphatic carbocycles. The molecule has 0 aliphatic rings. The van der Waals surface area contributed by atoms with Gasteiger partial charge >= 0.3 is 0 Å². The highest BCUT2D eigenvalue weighted by Crippen LogP contribution is 2.21. The Balaban J connectivity index is 3.87. The van der Waals surface area contributed by atoms with Crippen molar-refractivity contribution >= 4 is 5.91 Å². The largest absolute Gasteiger partial charge is 0.352 e. The van der Waals surface area contributed by atoms with Crippen LogP contribution in [0.15, 0.2) is 0 Å². The molecule has 3 N–H and O–H groups in total. The molecule has 0 fully saturated rings. The molecule has 3 heteroatoms. The van der Waals surface area contributed by atoms with Gasteiger partial charge in [-0.1, -0.05) is 34.1 Å². The molecule has 2 atom stereocenters. The molecule has 0 heterocycles. The Hall–Kier alpha value is -0.570. The molecule has 1 amide bonds. The molecule has 0 saturated carbocycles. The fourth-order valence-corrected chi connectivity index (χ4v) is 1.51. The predicted molar refractivity (Wildman–Crippen MR) is 69.2 cm³/mol. The molecule has 0 aromatic heterocycles. The van der Waals surface area contributed by atoms with Crippen LogP contribution in [-0.4, -0.2) is 18.0 Å². The van der Waals surface area contributed by atoms with Gasteiger partial charge in [-0.2, -0.15) is 0 Å². The van der Waals surface area contributed by atoms with Crippen LogP contribution in [0.3, 0.4) is 0 Å². The van der Waals surface area contributed by atoms with Crippen molar-refractivity contribution in [2.24, 2.45) is 11.1 Å². The van der Waals surface area contributed by atoms with Gasteiger partial charge in [0.25, 0.3) is 0 Å². The van der Waals surface area contributed by atoms with E-state index in [1.165, 1.54) is 0 Å². The molecule has 0 rings (SSSR count). The van der Waals surface area contributed by atoms with Crippen LogP contribution < -0.4 is 11.1 Å². The van der Waals surface area contributed by atoms with Crippen molar-refractivity contribution < 1.29 is 4.79 Å². The summed E-state index contributed by atoms with van der Waals surface area (Å²) < 4.78 is 0. The maximum Gasteiger partial charge on any atom is 0.237 e. The zero-order valence-electron chi connectivity index (χ0n) is 11.5. The average molecular weight is 228 g/mol. The molecule has 0 saturated heterocycles. The van der Waals surface area contributed by atoms with Crippen LogP contribution in [0.2, 0.25) is 0 Å². The van der Waals surface area contributed by atoms with E-state index in [0.29, 0.717) is 5.41 Å². The smallest absolute Gasteiger partial charge is 0.237 e. The first kappa shape index (κ1) is 15.4. The minimum atomic E-state index is -0.345. The second kappa shape index (κ2) is 6.89. The molecule has 3 nitrogen and oxygen atoms in total. The van der Waals surface area contributed by atoms with E-state index in [-0.39, 0.29) is 18.0 Å². The monoisotopic (exact) mass is 228 g/mol. The van der Waals surface area contributed by atoms with Gasteiger partial charge in [-0.25, -0.2) is 0 Å². The van der Waals surface area contributed by atoms with Crippen LogP contribution in [-0.2, 0) is 4.79 Å². The summed E-state index contributed by atoms with van der Waals surface area (Å²) in [6, 6.07) is -0.128. The third kappa shape index (κ3) is 7.69. The van der Waals surface area contributed by atoms with Crippen molar-refractivity contribution in [3.05, 3.63) is 0 Å². The second-order valence-corrected chi connectivity index (χ2v) is 5.90. The fourth-order valence-electron chi connectivity index (χ4n) is 1.51. The molecule has 0 aromatic carbocycles. The van der Waals surface area contributed by atoms with E-state index in [0.717, 1.165) is 25.7 Å². The van der Waals surface area contributed by atoms with E-state index in [9.17, 15) is 4.79 Å². The van der Waals surface area contributed by atoms with Crippen molar-refractivity contribution in [2.45, 2.75) is 72.4 Å². The van der Waals surface area contributed by atoms with Crippen LogP contribution in [0.5, 0.6) is 0 Å². The Labute approximate surface area is 100 Å². The highest BCUT2D eigenvalue weighted by Gasteiger charge is 2.17. The SMILES string of the molecule is CCCC(N)C(=O)NC(C)CCC(C)(C)C. The number of nitrogens with two attached hydrogens (primary N) is 1. The average Bonchev–Trinajstić information content (AvgIpc) is 2.14. The van der Waals surface area contributed by atoms with E-state index in [4.69, 9.17) is 5.73 Å². The molecule has 0 spiro atoms. The molecule has 2 unspecified atom stereocenters. The van der Waals surface area contributed by atoms with Crippen molar-refractivity contribution in [1.29, 1.82) is 0 Å². The van der Waals surface area contributed by atoms with Crippen molar-refractivity contribution in [3.8, 4) is 0 Å². The summed E-state index contributed by atoms with van der Waals surface area (Å²) in [6.45, 7) is 10.7. The number of hydrogen-bond donors (Lipinski definition) is 2. The zero-order valence-corrected chi connectivity index (χ0v) is 11.5. The van der Waals surface area contributed by atoms with Crippen molar-refractivity contribution in [1.82, 2.24) is 5.32 Å². The first-order chi connectivity index (χ1) is 7.26. The molecule has 16 heavy (non-hydrogen) atoms. The number of rotatable bonds is 6. The van der Waals surface area contributed by atoms with E-state index in [1.807, 2.05) is 13.8 Å². The molecule has 0 radical (unpaired) electrons. The van der Waals surface area contributed by atoms with Crippen LogP contribution in [0.4, 0.5) is 0 Å². The zero-order chi connectivity index (χ0) is 12.8. The quantitative estimate of drug-likeness (QED) is 0.733. The molecule has 0 bridgehead atoms. The minimum Gasteiger partial charge on any atom is -0.352 e. The molecular formula is C13H28N2O. The molecule has 0 aliphatic heterocycles. The summed E-state index contributed by atoms with van der Waals surface area (Å²) in [7, 11) is 0. The summed E-state index contributed by atoms with van der Waals surface area (Å²) in [5, 5.41) is 2.97. The number of hydrogen-bond acceptors (Lipinski definition) is 2. The van der Waals surface area contributed by atoms with Gasteiger partial charge in [0.05, 0.1) is 6.04 Å². The lowest BCUT2D eigenvalue weighted by molar-refractivity contribution is -0.123. The first-order valence-electron chi connectivity index (χ1n) is 6.32. The normalized spacial score (nSPS) is 15.6. The van der Waals surface area contributed by atoms with Crippen molar-refractivity contribution in [3.63, 3.8) is 0 Å². The topological polar surface area (TPSA) is 55.1 Å². The number of carbonyl (C=O) groups excluding carboxylic acids is 1. The number of amides is 1.